The van der Waals surface area contributed by atoms with E-state index in [1.54, 1.807) is 0 Å². The van der Waals surface area contributed by atoms with E-state index in [1.165, 1.54) is 90.0 Å². The monoisotopic (exact) mass is 722 g/mol. The Hall–Kier alpha value is -2.90. The number of nitrogens with zero attached hydrogens (tertiary/aromatic N) is 1. The lowest BCUT2D eigenvalue weighted by atomic mass is 9.76. The molecule has 0 aromatic heterocycles. The Kier molecular flexibility index (Phi) is 34.0. The molecule has 0 aliphatic heterocycles. The Balaban J connectivity index is 2.25. The number of allylic oxidation sites excluding steroid dienone is 22. The minimum atomic E-state index is 0.587. The van der Waals surface area contributed by atoms with Gasteiger partial charge in [0.2, 0.25) is 0 Å². The third-order valence-electron chi connectivity index (χ3n) is 10.2. The molecule has 2 unspecified atom stereocenters. The van der Waals surface area contributed by atoms with Crippen LogP contribution in [-0.2, 0) is 0 Å². The summed E-state index contributed by atoms with van der Waals surface area (Å²) in [6.07, 6.45) is 78.7. The van der Waals surface area contributed by atoms with Gasteiger partial charge in [0.25, 0.3) is 0 Å². The van der Waals surface area contributed by atoms with Crippen LogP contribution in [0, 0.1) is 11.3 Å². The fourth-order valence-electron chi connectivity index (χ4n) is 7.11. The molecule has 1 fully saturated rings. The predicted octanol–water partition coefficient (Wildman–Crippen LogP) is 16.3. The van der Waals surface area contributed by atoms with Crippen molar-refractivity contribution in [1.82, 2.24) is 4.90 Å². The molecule has 0 spiro atoms. The summed E-state index contributed by atoms with van der Waals surface area (Å²) < 4.78 is 0. The van der Waals surface area contributed by atoms with Crippen LogP contribution in [0.15, 0.2) is 134 Å². The molecule has 0 saturated heterocycles. The third-order valence-corrected chi connectivity index (χ3v) is 10.2. The Morgan fingerprint density at radius 2 is 0.755 bits per heavy atom. The quantitative estimate of drug-likeness (QED) is 0.0482. The summed E-state index contributed by atoms with van der Waals surface area (Å²) in [5, 5.41) is 0. The lowest BCUT2D eigenvalue weighted by Crippen LogP contribution is -2.19. The lowest BCUT2D eigenvalue weighted by Gasteiger charge is -2.30. The van der Waals surface area contributed by atoms with Gasteiger partial charge in [-0.1, -0.05) is 148 Å². The van der Waals surface area contributed by atoms with Crippen molar-refractivity contribution >= 4 is 0 Å². The van der Waals surface area contributed by atoms with Crippen molar-refractivity contribution in [3.63, 3.8) is 0 Å². The van der Waals surface area contributed by atoms with Crippen LogP contribution in [0.3, 0.4) is 0 Å². The van der Waals surface area contributed by atoms with Crippen molar-refractivity contribution in [2.75, 3.05) is 20.6 Å². The summed E-state index contributed by atoms with van der Waals surface area (Å²) in [5.41, 5.74) is 0.587. The zero-order valence-corrected chi connectivity index (χ0v) is 35.2. The summed E-state index contributed by atoms with van der Waals surface area (Å²) in [6.45, 7) is 5.60. The van der Waals surface area contributed by atoms with E-state index < -0.39 is 0 Å². The molecular formula is C52H83N. The minimum absolute atomic E-state index is 0.587. The fourth-order valence-corrected chi connectivity index (χ4v) is 7.11. The second-order valence-electron chi connectivity index (χ2n) is 15.3. The lowest BCUT2D eigenvalue weighted by molar-refractivity contribution is 0.221. The van der Waals surface area contributed by atoms with E-state index in [0.29, 0.717) is 5.41 Å². The summed E-state index contributed by atoms with van der Waals surface area (Å²) in [4.78, 5) is 2.37. The first-order valence-corrected chi connectivity index (χ1v) is 21.9. The molecule has 0 N–H and O–H groups in total. The highest BCUT2D eigenvalue weighted by Gasteiger charge is 2.37. The van der Waals surface area contributed by atoms with Gasteiger partial charge >= 0.3 is 0 Å². The maximum atomic E-state index is 2.47. The average Bonchev–Trinajstić information content (AvgIpc) is 3.57. The zero-order chi connectivity index (χ0) is 38.2. The van der Waals surface area contributed by atoms with Gasteiger partial charge in [-0.15, -0.1) is 0 Å². The highest BCUT2D eigenvalue weighted by molar-refractivity contribution is 5.02. The minimum Gasteiger partial charge on any atom is -0.309 e. The summed E-state index contributed by atoms with van der Waals surface area (Å²) in [7, 11) is 4.45. The molecule has 0 heterocycles. The Bertz CT molecular complexity index is 1150. The van der Waals surface area contributed by atoms with Gasteiger partial charge in [-0.3, -0.25) is 0 Å². The Labute approximate surface area is 331 Å². The van der Waals surface area contributed by atoms with Crippen LogP contribution in [0.1, 0.15) is 162 Å². The number of hydrogen-bond acceptors (Lipinski definition) is 1. The van der Waals surface area contributed by atoms with Gasteiger partial charge in [-0.05, 0) is 180 Å². The van der Waals surface area contributed by atoms with E-state index in [2.05, 4.69) is 167 Å². The summed E-state index contributed by atoms with van der Waals surface area (Å²) in [6, 6.07) is 0. The Morgan fingerprint density at radius 3 is 1.11 bits per heavy atom. The van der Waals surface area contributed by atoms with Crippen molar-refractivity contribution in [3.05, 3.63) is 134 Å². The molecule has 1 saturated carbocycles. The standard InChI is InChI=1S/C52H83N/c1-5-7-9-11-13-15-17-19-21-23-25-27-29-31-33-35-37-39-41-43-47-52(48-44-51(50-52)45-49-53(3)4)46-42-40-38-36-34-32-30-28-26-24-22-20-18-16-14-12-10-8-6-2/h7-10,13-16,19-22,25-28,31,33,36-39,51H,5-6,11-12,17-18,23-24,29-30,32,34-35,40-50H2,1-4H3/b9-7-,10-8-,15-13-,16-14-,21-19-,22-20-,27-25-,28-26-,33-31-,38-36-,39-37-. The molecule has 0 bridgehead atoms. The molecule has 0 amide bonds. The first-order valence-electron chi connectivity index (χ1n) is 21.9. The van der Waals surface area contributed by atoms with Gasteiger partial charge in [0.1, 0.15) is 0 Å². The van der Waals surface area contributed by atoms with Gasteiger partial charge in [-0.25, -0.2) is 0 Å². The van der Waals surface area contributed by atoms with Crippen LogP contribution in [0.5, 0.6) is 0 Å². The van der Waals surface area contributed by atoms with Gasteiger partial charge in [0.15, 0.2) is 0 Å². The normalized spacial score (nSPS) is 19.2. The number of unbranched alkanes of at least 4 members (excludes halogenated alkanes) is 4. The van der Waals surface area contributed by atoms with Crippen LogP contribution in [0.25, 0.3) is 0 Å². The van der Waals surface area contributed by atoms with Crippen molar-refractivity contribution in [2.24, 2.45) is 11.3 Å². The summed E-state index contributed by atoms with van der Waals surface area (Å²) >= 11 is 0. The smallest absolute Gasteiger partial charge is 0.00222 e. The molecular weight excluding hydrogens is 639 g/mol. The van der Waals surface area contributed by atoms with Crippen molar-refractivity contribution in [3.8, 4) is 0 Å². The molecule has 1 aliphatic carbocycles. The fraction of sp³-hybridized carbons (Fsp3) is 0.577. The SMILES string of the molecule is CC/C=C\C/C=C\C/C=C\C/C=C\C/C=C\C/C=C\CCCC1(CCC/C=C\CCC/C=C\C/C=C\C/C=C\C/C=C\CC)CCC(CCN(C)C)C1. The van der Waals surface area contributed by atoms with E-state index in [1.807, 2.05) is 0 Å². The van der Waals surface area contributed by atoms with E-state index >= 15 is 0 Å². The van der Waals surface area contributed by atoms with Crippen LogP contribution in [0.2, 0.25) is 0 Å². The predicted molar refractivity (Wildman–Crippen MR) is 243 cm³/mol. The van der Waals surface area contributed by atoms with Crippen molar-refractivity contribution in [2.45, 2.75) is 162 Å². The highest BCUT2D eigenvalue weighted by atomic mass is 15.0. The molecule has 1 aliphatic rings. The van der Waals surface area contributed by atoms with Gasteiger partial charge < -0.3 is 4.90 Å². The van der Waals surface area contributed by atoms with Crippen molar-refractivity contribution < 1.29 is 0 Å². The van der Waals surface area contributed by atoms with Gasteiger partial charge in [-0.2, -0.15) is 0 Å². The van der Waals surface area contributed by atoms with E-state index in [-0.39, 0.29) is 0 Å². The molecule has 296 valence electrons. The van der Waals surface area contributed by atoms with Crippen molar-refractivity contribution in [1.29, 1.82) is 0 Å². The number of hydrogen-bond donors (Lipinski definition) is 0. The second-order valence-corrected chi connectivity index (χ2v) is 15.3. The molecule has 53 heavy (non-hydrogen) atoms. The van der Waals surface area contributed by atoms with Crippen LogP contribution in [0.4, 0.5) is 0 Å². The maximum Gasteiger partial charge on any atom is -0.00222 e. The molecule has 0 radical (unpaired) electrons. The largest absolute Gasteiger partial charge is 0.309 e. The second kappa shape index (κ2) is 37.4. The molecule has 0 aromatic rings. The van der Waals surface area contributed by atoms with E-state index in [9.17, 15) is 0 Å². The van der Waals surface area contributed by atoms with Crippen LogP contribution < -0.4 is 0 Å². The first-order chi connectivity index (χ1) is 26.1. The molecule has 1 rings (SSSR count). The van der Waals surface area contributed by atoms with E-state index in [4.69, 9.17) is 0 Å². The van der Waals surface area contributed by atoms with Crippen LogP contribution >= 0.6 is 0 Å². The third kappa shape index (κ3) is 32.3. The molecule has 1 heteroatoms. The average molecular weight is 722 g/mol. The van der Waals surface area contributed by atoms with Gasteiger partial charge in [0, 0.05) is 0 Å². The summed E-state index contributed by atoms with van der Waals surface area (Å²) in [5.74, 6) is 0.928. The van der Waals surface area contributed by atoms with E-state index in [0.717, 1.165) is 70.1 Å². The maximum absolute atomic E-state index is 2.47. The highest BCUT2D eigenvalue weighted by Crippen LogP contribution is 2.50. The topological polar surface area (TPSA) is 3.24 Å². The van der Waals surface area contributed by atoms with Gasteiger partial charge in [0.05, 0.1) is 0 Å². The number of rotatable bonds is 33. The Morgan fingerprint density at radius 1 is 0.434 bits per heavy atom. The zero-order valence-electron chi connectivity index (χ0n) is 35.2. The molecule has 0 aromatic carbocycles. The molecule has 2 atom stereocenters. The first kappa shape index (κ1) is 48.1. The molecule has 1 nitrogen and oxygen atoms in total. The van der Waals surface area contributed by atoms with Crippen LogP contribution in [-0.4, -0.2) is 25.5 Å².